The van der Waals surface area contributed by atoms with E-state index >= 15 is 0 Å². The summed E-state index contributed by atoms with van der Waals surface area (Å²) in [6.45, 7) is 0. The molecule has 3 nitrogen and oxygen atoms in total. The lowest BCUT2D eigenvalue weighted by atomic mass is 10.0. The van der Waals surface area contributed by atoms with Crippen LogP contribution in [0.15, 0.2) is 18.2 Å². The number of carbonyl (C=O) groups is 1. The van der Waals surface area contributed by atoms with Crippen molar-refractivity contribution in [1.82, 2.24) is 0 Å². The molecule has 5 heteroatoms. The fraction of sp³-hybridized carbons (Fsp3) is 0.100. The van der Waals surface area contributed by atoms with E-state index in [0.717, 1.165) is 0 Å². The molecule has 0 bridgehead atoms. The van der Waals surface area contributed by atoms with Crippen molar-refractivity contribution in [2.45, 2.75) is 0 Å². The molecule has 74 valence electrons. The number of hydrogen-bond acceptors (Lipinski definition) is 3. The summed E-state index contributed by atoms with van der Waals surface area (Å²) in [4.78, 5) is 11.6. The third-order valence-corrected chi connectivity index (χ3v) is 2.26. The van der Waals surface area contributed by atoms with E-state index < -0.39 is 11.7 Å². The predicted molar refractivity (Wildman–Crippen MR) is 55.5 cm³/mol. The zero-order valence-electron chi connectivity index (χ0n) is 7.37. The minimum absolute atomic E-state index is 0.133. The zero-order valence-corrected chi connectivity index (χ0v) is 8.88. The number of halogens is 2. The highest BCUT2D eigenvalue weighted by Crippen LogP contribution is 2.23. The lowest BCUT2D eigenvalue weighted by Crippen LogP contribution is -2.11. The number of nitriles is 2. The summed E-state index contributed by atoms with van der Waals surface area (Å²) in [6.07, 6.45) is 0. The zero-order chi connectivity index (χ0) is 11.4. The van der Waals surface area contributed by atoms with Crippen molar-refractivity contribution in [2.24, 2.45) is 5.92 Å². The van der Waals surface area contributed by atoms with Crippen LogP contribution in [0.3, 0.4) is 0 Å². The van der Waals surface area contributed by atoms with Crippen LogP contribution >= 0.6 is 23.2 Å². The molecule has 0 aliphatic carbocycles. The molecule has 0 atom stereocenters. The fourth-order valence-electron chi connectivity index (χ4n) is 0.991. The first-order chi connectivity index (χ1) is 7.10. The monoisotopic (exact) mass is 238 g/mol. The second-order valence-electron chi connectivity index (χ2n) is 2.68. The van der Waals surface area contributed by atoms with Crippen molar-refractivity contribution in [3.8, 4) is 12.1 Å². The van der Waals surface area contributed by atoms with Crippen LogP contribution < -0.4 is 0 Å². The molecule has 0 saturated heterocycles. The minimum atomic E-state index is -1.33. The number of nitrogens with zero attached hydrogens (tertiary/aromatic N) is 2. The Morgan fingerprint density at radius 3 is 2.33 bits per heavy atom. The molecular formula is C10H4Cl2N2O. The first-order valence-electron chi connectivity index (χ1n) is 3.88. The van der Waals surface area contributed by atoms with Crippen molar-refractivity contribution in [2.75, 3.05) is 0 Å². The van der Waals surface area contributed by atoms with Crippen LogP contribution in [-0.4, -0.2) is 5.78 Å². The normalized spacial score (nSPS) is 9.40. The predicted octanol–water partition coefficient (Wildman–Crippen LogP) is 2.84. The Balaban J connectivity index is 3.14. The Morgan fingerprint density at radius 2 is 1.87 bits per heavy atom. The van der Waals surface area contributed by atoms with Gasteiger partial charge in [-0.05, 0) is 18.2 Å². The van der Waals surface area contributed by atoms with Crippen LogP contribution in [0.2, 0.25) is 10.0 Å². The fourth-order valence-corrected chi connectivity index (χ4v) is 1.49. The van der Waals surface area contributed by atoms with E-state index in [4.69, 9.17) is 33.7 Å². The third-order valence-electron chi connectivity index (χ3n) is 1.72. The maximum absolute atomic E-state index is 11.6. The Morgan fingerprint density at radius 1 is 1.27 bits per heavy atom. The molecule has 0 aliphatic rings. The smallest absolute Gasteiger partial charge is 0.195 e. The molecule has 0 aliphatic heterocycles. The largest absolute Gasteiger partial charge is 0.291 e. The van der Waals surface area contributed by atoms with Gasteiger partial charge in [0.25, 0.3) is 0 Å². The van der Waals surface area contributed by atoms with Crippen molar-refractivity contribution >= 4 is 29.0 Å². The SMILES string of the molecule is N#CC(C#N)C(=O)c1ccc(Cl)cc1Cl. The highest BCUT2D eigenvalue weighted by Gasteiger charge is 2.21. The molecule has 15 heavy (non-hydrogen) atoms. The van der Waals surface area contributed by atoms with E-state index in [0.29, 0.717) is 5.02 Å². The molecule has 1 rings (SSSR count). The van der Waals surface area contributed by atoms with E-state index in [1.807, 2.05) is 0 Å². The quantitative estimate of drug-likeness (QED) is 0.745. The summed E-state index contributed by atoms with van der Waals surface area (Å²) in [6, 6.07) is 7.45. The molecule has 0 unspecified atom stereocenters. The van der Waals surface area contributed by atoms with Crippen LogP contribution in [0, 0.1) is 28.6 Å². The summed E-state index contributed by atoms with van der Waals surface area (Å²) in [5, 5.41) is 17.6. The number of Topliss-reactive ketones (excluding diaryl/α,β-unsaturated/α-hetero) is 1. The summed E-state index contributed by atoms with van der Waals surface area (Å²) in [5.41, 5.74) is 0.133. The van der Waals surface area contributed by atoms with Gasteiger partial charge in [-0.2, -0.15) is 10.5 Å². The van der Waals surface area contributed by atoms with Crippen LogP contribution in [-0.2, 0) is 0 Å². The first-order valence-corrected chi connectivity index (χ1v) is 4.64. The third kappa shape index (κ3) is 2.47. The summed E-state index contributed by atoms with van der Waals surface area (Å²) >= 11 is 11.4. The van der Waals surface area contributed by atoms with Gasteiger partial charge in [-0.3, -0.25) is 4.79 Å². The van der Waals surface area contributed by atoms with Crippen LogP contribution in [0.4, 0.5) is 0 Å². The van der Waals surface area contributed by atoms with Gasteiger partial charge in [0.1, 0.15) is 0 Å². The Labute approximate surface area is 96.4 Å². The summed E-state index contributed by atoms with van der Waals surface area (Å²) < 4.78 is 0. The maximum atomic E-state index is 11.6. The minimum Gasteiger partial charge on any atom is -0.291 e. The Bertz CT molecular complexity index is 471. The summed E-state index contributed by atoms with van der Waals surface area (Å²) in [7, 11) is 0. The molecular weight excluding hydrogens is 235 g/mol. The van der Waals surface area contributed by atoms with Crippen molar-refractivity contribution in [3.05, 3.63) is 33.8 Å². The van der Waals surface area contributed by atoms with Gasteiger partial charge in [0.2, 0.25) is 0 Å². The number of rotatable bonds is 2. The number of ketones is 1. The van der Waals surface area contributed by atoms with Gasteiger partial charge < -0.3 is 0 Å². The average Bonchev–Trinajstić information content (AvgIpc) is 2.19. The van der Waals surface area contributed by atoms with Gasteiger partial charge in [-0.15, -0.1) is 0 Å². The summed E-state index contributed by atoms with van der Waals surface area (Å²) in [5.74, 6) is -1.94. The molecule has 0 radical (unpaired) electrons. The van der Waals surface area contributed by atoms with Gasteiger partial charge in [-0.25, -0.2) is 0 Å². The molecule has 0 fully saturated rings. The molecule has 1 aromatic rings. The van der Waals surface area contributed by atoms with Gasteiger partial charge in [0.05, 0.1) is 17.2 Å². The standard InChI is InChI=1S/C10H4Cl2N2O/c11-7-1-2-8(9(12)3-7)10(15)6(4-13)5-14/h1-3,6H. The van der Waals surface area contributed by atoms with Crippen molar-refractivity contribution in [1.29, 1.82) is 10.5 Å². The molecule has 0 spiro atoms. The lowest BCUT2D eigenvalue weighted by molar-refractivity contribution is 0.0971. The average molecular weight is 239 g/mol. The van der Waals surface area contributed by atoms with Crippen LogP contribution in [0.25, 0.3) is 0 Å². The highest BCUT2D eigenvalue weighted by atomic mass is 35.5. The molecule has 0 amide bonds. The number of benzene rings is 1. The highest BCUT2D eigenvalue weighted by molar-refractivity contribution is 6.37. The maximum Gasteiger partial charge on any atom is 0.195 e. The molecule has 0 aromatic heterocycles. The van der Waals surface area contributed by atoms with Gasteiger partial charge in [-0.1, -0.05) is 23.2 Å². The van der Waals surface area contributed by atoms with Crippen LogP contribution in [0.5, 0.6) is 0 Å². The van der Waals surface area contributed by atoms with E-state index in [1.165, 1.54) is 18.2 Å². The number of carbonyl (C=O) groups excluding carboxylic acids is 1. The van der Waals surface area contributed by atoms with E-state index in [1.54, 1.807) is 12.1 Å². The topological polar surface area (TPSA) is 64.7 Å². The van der Waals surface area contributed by atoms with E-state index in [2.05, 4.69) is 0 Å². The van der Waals surface area contributed by atoms with Gasteiger partial charge in [0, 0.05) is 10.6 Å². The second-order valence-corrected chi connectivity index (χ2v) is 3.52. The first kappa shape index (κ1) is 11.5. The Kier molecular flexibility index (Phi) is 3.68. The van der Waals surface area contributed by atoms with E-state index in [-0.39, 0.29) is 10.6 Å². The van der Waals surface area contributed by atoms with Gasteiger partial charge in [0.15, 0.2) is 11.7 Å². The molecule has 0 N–H and O–H groups in total. The van der Waals surface area contributed by atoms with Crippen molar-refractivity contribution in [3.63, 3.8) is 0 Å². The molecule has 0 heterocycles. The number of hydrogen-bond donors (Lipinski definition) is 0. The Hall–Kier alpha value is -1.55. The van der Waals surface area contributed by atoms with Gasteiger partial charge >= 0.3 is 0 Å². The van der Waals surface area contributed by atoms with Crippen LogP contribution in [0.1, 0.15) is 10.4 Å². The lowest BCUT2D eigenvalue weighted by Gasteiger charge is -2.03. The van der Waals surface area contributed by atoms with E-state index in [9.17, 15) is 4.79 Å². The molecule has 0 saturated carbocycles. The second kappa shape index (κ2) is 4.79. The van der Waals surface area contributed by atoms with Crippen molar-refractivity contribution < 1.29 is 4.79 Å². The molecule has 1 aromatic carbocycles.